The monoisotopic (exact) mass is 928 g/mol. The van der Waals surface area contributed by atoms with E-state index in [0.29, 0.717) is 13.2 Å². The van der Waals surface area contributed by atoms with Gasteiger partial charge in [0.1, 0.15) is 71.9 Å². The molecule has 4 atom stereocenters. The first-order chi connectivity index (χ1) is 32.1. The summed E-state index contributed by atoms with van der Waals surface area (Å²) in [6.45, 7) is 12.1. The molecule has 4 N–H and O–H groups in total. The van der Waals surface area contributed by atoms with Crippen LogP contribution in [0.4, 0.5) is 0 Å². The van der Waals surface area contributed by atoms with E-state index in [1.54, 1.807) is 78.1 Å². The van der Waals surface area contributed by atoms with E-state index in [2.05, 4.69) is 47.9 Å². The molecular formula is C54H60N2O8S2. The predicted octanol–water partition coefficient (Wildman–Crippen LogP) is 11.7. The maximum Gasteiger partial charge on any atom is 0.140 e. The normalized spacial score (nSPS) is 20.0. The maximum atomic E-state index is 9.92. The van der Waals surface area contributed by atoms with Gasteiger partial charge in [-0.25, -0.2) is 0 Å². The summed E-state index contributed by atoms with van der Waals surface area (Å²) in [6.07, 6.45) is 5.05. The summed E-state index contributed by atoms with van der Waals surface area (Å²) < 4.78 is 23.8. The largest absolute Gasteiger partial charge is 0.508 e. The number of likely N-dealkylation sites (tertiary alicyclic amines) is 2. The molecule has 0 unspecified atom stereocenters. The Balaban J connectivity index is 0.000000147. The fourth-order valence-electron chi connectivity index (χ4n) is 8.44. The molecule has 346 valence electrons. The molecule has 4 heterocycles. The third-order valence-corrected chi connectivity index (χ3v) is 14.8. The minimum Gasteiger partial charge on any atom is -0.508 e. The van der Waals surface area contributed by atoms with E-state index in [-0.39, 0.29) is 39.6 Å². The van der Waals surface area contributed by atoms with Crippen molar-refractivity contribution in [3.63, 3.8) is 0 Å². The summed E-state index contributed by atoms with van der Waals surface area (Å²) in [5.41, 5.74) is 4.49. The minimum atomic E-state index is -0.208. The van der Waals surface area contributed by atoms with E-state index in [1.807, 2.05) is 54.6 Å². The van der Waals surface area contributed by atoms with Crippen molar-refractivity contribution in [3.8, 4) is 46.0 Å². The van der Waals surface area contributed by atoms with Crippen molar-refractivity contribution in [3.05, 3.63) is 156 Å². The molecule has 2 saturated heterocycles. The first kappa shape index (κ1) is 46.9. The lowest BCUT2D eigenvalue weighted by Crippen LogP contribution is -2.31. The van der Waals surface area contributed by atoms with Crippen molar-refractivity contribution >= 4 is 23.5 Å². The number of hydrogen-bond acceptors (Lipinski definition) is 12. The Morgan fingerprint density at radius 2 is 1.12 bits per heavy atom. The number of fused-ring (bicyclic) bond motifs is 2. The first-order valence-electron chi connectivity index (χ1n) is 22.9. The fourth-order valence-corrected chi connectivity index (χ4v) is 10.9. The van der Waals surface area contributed by atoms with Gasteiger partial charge >= 0.3 is 0 Å². The number of nitrogens with zero attached hydrogens (tertiary/aromatic N) is 2. The van der Waals surface area contributed by atoms with Gasteiger partial charge in [-0.05, 0) is 161 Å². The molecule has 6 aromatic rings. The summed E-state index contributed by atoms with van der Waals surface area (Å²) in [5.74, 6) is 4.39. The minimum absolute atomic E-state index is 0.0214. The van der Waals surface area contributed by atoms with Gasteiger partial charge in [0.15, 0.2) is 0 Å². The highest BCUT2D eigenvalue weighted by Crippen LogP contribution is 2.54. The Morgan fingerprint density at radius 1 is 0.576 bits per heavy atom. The third kappa shape index (κ3) is 12.8. The van der Waals surface area contributed by atoms with Crippen molar-refractivity contribution in [2.45, 2.75) is 72.0 Å². The van der Waals surface area contributed by atoms with Crippen LogP contribution in [-0.4, -0.2) is 88.8 Å². The first-order valence-corrected chi connectivity index (χ1v) is 24.6. The lowest BCUT2D eigenvalue weighted by molar-refractivity contribution is 0.190. The number of ether oxygens (including phenoxy) is 4. The number of phenolic OH excluding ortho intramolecular Hbond substituents is 4. The van der Waals surface area contributed by atoms with Crippen LogP contribution in [0.2, 0.25) is 0 Å². The molecule has 0 saturated carbocycles. The van der Waals surface area contributed by atoms with Gasteiger partial charge in [-0.15, -0.1) is 23.5 Å². The molecule has 0 radical (unpaired) electrons. The molecule has 4 aliphatic heterocycles. The number of phenols is 4. The molecule has 10 nitrogen and oxygen atoms in total. The van der Waals surface area contributed by atoms with Crippen LogP contribution >= 0.6 is 23.5 Å². The lowest BCUT2D eigenvalue weighted by atomic mass is 10.00. The summed E-state index contributed by atoms with van der Waals surface area (Å²) in [6, 6.07) is 41.8. The number of aromatic hydroxyl groups is 4. The van der Waals surface area contributed by atoms with E-state index in [4.69, 9.17) is 18.9 Å². The molecule has 6 aromatic carbocycles. The van der Waals surface area contributed by atoms with E-state index in [9.17, 15) is 20.4 Å². The summed E-state index contributed by atoms with van der Waals surface area (Å²) >= 11 is 3.33. The van der Waals surface area contributed by atoms with E-state index in [0.717, 1.165) is 75.2 Å². The topological polar surface area (TPSA) is 124 Å². The van der Waals surface area contributed by atoms with E-state index in [1.165, 1.54) is 50.9 Å². The summed E-state index contributed by atoms with van der Waals surface area (Å²) in [7, 11) is 0. The highest BCUT2D eigenvalue weighted by Gasteiger charge is 2.34. The van der Waals surface area contributed by atoms with Crippen LogP contribution in [0.5, 0.6) is 46.0 Å². The average molecular weight is 929 g/mol. The van der Waals surface area contributed by atoms with Gasteiger partial charge < -0.3 is 39.4 Å². The van der Waals surface area contributed by atoms with Crippen LogP contribution in [0.3, 0.4) is 0 Å². The molecule has 2 fully saturated rings. The van der Waals surface area contributed by atoms with Gasteiger partial charge in [0.25, 0.3) is 0 Å². The number of aryl methyl sites for hydroxylation is 1. The molecule has 10 rings (SSSR count). The Hall–Kier alpha value is -5.66. The van der Waals surface area contributed by atoms with Crippen molar-refractivity contribution in [1.29, 1.82) is 0 Å². The quantitative estimate of drug-likeness (QED) is 0.0989. The highest BCUT2D eigenvalue weighted by molar-refractivity contribution is 8.00. The lowest BCUT2D eigenvalue weighted by Gasteiger charge is -2.34. The second-order valence-electron chi connectivity index (χ2n) is 17.1. The zero-order chi connectivity index (χ0) is 45.8. The number of hydrogen-bond donors (Lipinski definition) is 4. The molecule has 66 heavy (non-hydrogen) atoms. The highest BCUT2D eigenvalue weighted by atomic mass is 32.2. The van der Waals surface area contributed by atoms with Gasteiger partial charge in [-0.1, -0.05) is 54.1 Å². The van der Waals surface area contributed by atoms with Crippen LogP contribution in [0.1, 0.15) is 71.5 Å². The van der Waals surface area contributed by atoms with Crippen LogP contribution in [-0.2, 0) is 0 Å². The van der Waals surface area contributed by atoms with Gasteiger partial charge in [0, 0.05) is 19.1 Å². The number of thioether (sulfide) groups is 2. The Kier molecular flexibility index (Phi) is 16.1. The summed E-state index contributed by atoms with van der Waals surface area (Å²) in [4.78, 5) is 6.80. The van der Waals surface area contributed by atoms with Crippen LogP contribution < -0.4 is 18.9 Å². The Morgan fingerprint density at radius 3 is 1.74 bits per heavy atom. The molecule has 0 aliphatic carbocycles. The van der Waals surface area contributed by atoms with E-state index < -0.39 is 0 Å². The standard InChI is InChI=1S/C26H27NO4S.C14H21NO.C14H12O3S/c28-20-7-3-19(4-8-20)26-25(31-23-12-9-21(29)17-24(23)32-26)18-5-10-22(11-6-18)30-16-15-27-13-1-2-14-27;1-12-5-7-14(8-6-12)16-11-10-15-9-3-4-13(15)2;15-10-3-1-9(2-4-10)14-8-17-12-6-5-11(16)7-13(12)18-14/h3-12,17,25-26,28-29H,1-2,13-16H2;5-8,13H,3-4,9-11H2,1-2H3;1-7,14-16H,8H2/t25-,26+;13-;14-/m010/s1. The number of benzene rings is 6. The van der Waals surface area contributed by atoms with Gasteiger partial charge in [0.05, 0.1) is 20.3 Å². The smallest absolute Gasteiger partial charge is 0.140 e. The zero-order valence-electron chi connectivity index (χ0n) is 37.6. The van der Waals surface area contributed by atoms with Gasteiger partial charge in [-0.2, -0.15) is 0 Å². The Bertz CT molecular complexity index is 2450. The van der Waals surface area contributed by atoms with Crippen molar-refractivity contribution < 1.29 is 39.4 Å². The molecule has 12 heteroatoms. The van der Waals surface area contributed by atoms with Crippen LogP contribution in [0.25, 0.3) is 0 Å². The van der Waals surface area contributed by atoms with Crippen LogP contribution in [0.15, 0.2) is 143 Å². The third-order valence-electron chi connectivity index (χ3n) is 12.2. The molecule has 0 amide bonds. The van der Waals surface area contributed by atoms with Crippen LogP contribution in [0, 0.1) is 6.92 Å². The van der Waals surface area contributed by atoms with Gasteiger partial charge in [-0.3, -0.25) is 9.80 Å². The second kappa shape index (κ2) is 22.7. The van der Waals surface area contributed by atoms with E-state index >= 15 is 0 Å². The van der Waals surface area contributed by atoms with Crippen molar-refractivity contribution in [2.75, 3.05) is 52.5 Å². The molecule has 0 bridgehead atoms. The second-order valence-corrected chi connectivity index (χ2v) is 19.5. The van der Waals surface area contributed by atoms with Crippen molar-refractivity contribution in [2.24, 2.45) is 0 Å². The van der Waals surface area contributed by atoms with Gasteiger partial charge in [0.2, 0.25) is 0 Å². The molecular weight excluding hydrogens is 869 g/mol. The maximum absolute atomic E-state index is 9.92. The average Bonchev–Trinajstić information content (AvgIpc) is 4.01. The molecule has 0 spiro atoms. The predicted molar refractivity (Wildman–Crippen MR) is 263 cm³/mol. The SMILES string of the molecule is Cc1ccc(OCCN2CCC[C@H]2C)cc1.Oc1ccc([C@@H]2COc3ccc(O)cc3S2)cc1.Oc1ccc([C@H]2Sc3cc(O)ccc3O[C@H]2c2ccc(OCCN3CCCC3)cc2)cc1. The Labute approximate surface area is 397 Å². The zero-order valence-corrected chi connectivity index (χ0v) is 39.3. The molecule has 0 aromatic heterocycles. The number of rotatable bonds is 11. The fraction of sp³-hybridized carbons (Fsp3) is 0.333. The van der Waals surface area contributed by atoms with Crippen molar-refractivity contribution in [1.82, 2.24) is 9.80 Å². The summed E-state index contributed by atoms with van der Waals surface area (Å²) in [5, 5.41) is 38.5. The molecule has 4 aliphatic rings.